The third kappa shape index (κ3) is 3.80. The maximum absolute atomic E-state index is 13.8. The molecule has 1 saturated carbocycles. The van der Waals surface area contributed by atoms with Crippen molar-refractivity contribution in [3.8, 4) is 0 Å². The quantitative estimate of drug-likeness (QED) is 0.651. The van der Waals surface area contributed by atoms with Crippen LogP contribution in [0.2, 0.25) is 0 Å². The standard InChI is InChI=1S/C24H25N3O5S/c28-21(27(19-11-12-19)20-13-14-33(31,32)16-20)15-26-22(29)24(25-23(26)30,17-7-3-1-4-8-17)18-9-5-2-6-10-18/h1-10,19-20H,11-16H2,(H,25,30)/t20-/m1/s1. The minimum absolute atomic E-state index is 0.0235. The summed E-state index contributed by atoms with van der Waals surface area (Å²) in [6, 6.07) is 16.9. The molecule has 0 unspecified atom stereocenters. The normalized spacial score (nSPS) is 23.4. The van der Waals surface area contributed by atoms with E-state index < -0.39 is 39.9 Å². The van der Waals surface area contributed by atoms with Gasteiger partial charge in [0.1, 0.15) is 6.54 Å². The predicted octanol–water partition coefficient (Wildman–Crippen LogP) is 1.66. The average Bonchev–Trinajstić information content (AvgIpc) is 3.53. The molecule has 33 heavy (non-hydrogen) atoms. The fourth-order valence-corrected chi connectivity index (χ4v) is 6.64. The lowest BCUT2D eigenvalue weighted by Crippen LogP contribution is -2.49. The van der Waals surface area contributed by atoms with Gasteiger partial charge in [0.25, 0.3) is 5.91 Å². The van der Waals surface area contributed by atoms with Crippen LogP contribution < -0.4 is 5.32 Å². The van der Waals surface area contributed by atoms with Crippen molar-refractivity contribution >= 4 is 27.7 Å². The van der Waals surface area contributed by atoms with Gasteiger partial charge in [0.2, 0.25) is 5.91 Å². The van der Waals surface area contributed by atoms with Gasteiger partial charge in [-0.2, -0.15) is 0 Å². The van der Waals surface area contributed by atoms with Crippen LogP contribution in [0.4, 0.5) is 4.79 Å². The lowest BCUT2D eigenvalue weighted by atomic mass is 9.82. The number of nitrogens with one attached hydrogen (secondary N) is 1. The summed E-state index contributed by atoms with van der Waals surface area (Å²) in [5.41, 5.74) is -0.225. The van der Waals surface area contributed by atoms with E-state index in [0.717, 1.165) is 17.7 Å². The van der Waals surface area contributed by atoms with Gasteiger partial charge in [0.15, 0.2) is 15.4 Å². The number of hydrogen-bond donors (Lipinski definition) is 1. The van der Waals surface area contributed by atoms with Gasteiger partial charge in [0, 0.05) is 12.1 Å². The molecule has 8 nitrogen and oxygen atoms in total. The minimum Gasteiger partial charge on any atom is -0.334 e. The lowest BCUT2D eigenvalue weighted by Gasteiger charge is -2.30. The second kappa shape index (κ2) is 7.98. The lowest BCUT2D eigenvalue weighted by molar-refractivity contribution is -0.140. The molecule has 1 aliphatic carbocycles. The highest BCUT2D eigenvalue weighted by Gasteiger charge is 2.54. The Labute approximate surface area is 192 Å². The third-order valence-corrected chi connectivity index (χ3v) is 8.39. The number of nitrogens with zero attached hydrogens (tertiary/aromatic N) is 2. The SMILES string of the molecule is O=C1NC(c2ccccc2)(c2ccccc2)C(=O)N1CC(=O)N(C1CC1)[C@@H]1CCS(=O)(=O)C1. The van der Waals surface area contributed by atoms with Gasteiger partial charge in [0.05, 0.1) is 11.5 Å². The molecule has 3 aliphatic rings. The summed E-state index contributed by atoms with van der Waals surface area (Å²) in [5.74, 6) is -0.913. The molecule has 3 fully saturated rings. The van der Waals surface area contributed by atoms with E-state index in [0.29, 0.717) is 17.5 Å². The highest BCUT2D eigenvalue weighted by atomic mass is 32.2. The van der Waals surface area contributed by atoms with Crippen LogP contribution in [-0.2, 0) is 25.0 Å². The Morgan fingerprint density at radius 3 is 2.00 bits per heavy atom. The Kier molecular flexibility index (Phi) is 5.23. The maximum Gasteiger partial charge on any atom is 0.326 e. The summed E-state index contributed by atoms with van der Waals surface area (Å²) < 4.78 is 24.0. The average molecular weight is 468 g/mol. The fourth-order valence-electron chi connectivity index (χ4n) is 4.92. The molecule has 0 spiro atoms. The molecule has 5 rings (SSSR count). The zero-order valence-corrected chi connectivity index (χ0v) is 18.8. The highest BCUT2D eigenvalue weighted by molar-refractivity contribution is 7.91. The number of urea groups is 1. The van der Waals surface area contributed by atoms with Gasteiger partial charge < -0.3 is 10.2 Å². The van der Waals surface area contributed by atoms with E-state index >= 15 is 0 Å². The molecule has 4 amide bonds. The van der Waals surface area contributed by atoms with Crippen LogP contribution >= 0.6 is 0 Å². The third-order valence-electron chi connectivity index (χ3n) is 6.64. The van der Waals surface area contributed by atoms with Crippen molar-refractivity contribution in [2.75, 3.05) is 18.1 Å². The molecule has 2 aromatic carbocycles. The molecule has 1 atom stereocenters. The number of imide groups is 1. The van der Waals surface area contributed by atoms with Crippen molar-refractivity contribution in [1.82, 2.24) is 15.1 Å². The summed E-state index contributed by atoms with van der Waals surface area (Å²) in [6.45, 7) is -0.418. The fraction of sp³-hybridized carbons (Fsp3) is 0.375. The van der Waals surface area contributed by atoms with Crippen LogP contribution in [0.25, 0.3) is 0 Å². The van der Waals surface area contributed by atoms with E-state index in [-0.39, 0.29) is 23.5 Å². The largest absolute Gasteiger partial charge is 0.334 e. The molecule has 172 valence electrons. The van der Waals surface area contributed by atoms with Crippen LogP contribution in [0.5, 0.6) is 0 Å². The Hall–Kier alpha value is -3.20. The first-order valence-corrected chi connectivity index (χ1v) is 12.9. The Morgan fingerprint density at radius 1 is 0.939 bits per heavy atom. The number of carbonyl (C=O) groups excluding carboxylic acids is 3. The zero-order chi connectivity index (χ0) is 23.2. The molecule has 2 aliphatic heterocycles. The van der Waals surface area contributed by atoms with Gasteiger partial charge >= 0.3 is 6.03 Å². The summed E-state index contributed by atoms with van der Waals surface area (Å²) in [6.07, 6.45) is 2.00. The monoisotopic (exact) mass is 467 g/mol. The second-order valence-corrected chi connectivity index (χ2v) is 11.1. The molecule has 0 aromatic heterocycles. The number of amides is 4. The predicted molar refractivity (Wildman–Crippen MR) is 121 cm³/mol. The molecule has 0 radical (unpaired) electrons. The summed E-state index contributed by atoms with van der Waals surface area (Å²) in [4.78, 5) is 42.7. The van der Waals surface area contributed by atoms with E-state index in [1.54, 1.807) is 53.4 Å². The van der Waals surface area contributed by atoms with Crippen molar-refractivity contribution in [3.63, 3.8) is 0 Å². The number of carbonyl (C=O) groups is 3. The molecule has 1 N–H and O–H groups in total. The minimum atomic E-state index is -3.17. The van der Waals surface area contributed by atoms with Gasteiger partial charge in [-0.1, -0.05) is 60.7 Å². The van der Waals surface area contributed by atoms with Gasteiger partial charge in [-0.05, 0) is 30.4 Å². The van der Waals surface area contributed by atoms with Crippen molar-refractivity contribution < 1.29 is 22.8 Å². The van der Waals surface area contributed by atoms with Crippen LogP contribution in [0, 0.1) is 0 Å². The smallest absolute Gasteiger partial charge is 0.326 e. The van der Waals surface area contributed by atoms with Crippen molar-refractivity contribution in [3.05, 3.63) is 71.8 Å². The zero-order valence-electron chi connectivity index (χ0n) is 18.0. The number of hydrogen-bond acceptors (Lipinski definition) is 5. The van der Waals surface area contributed by atoms with E-state index in [9.17, 15) is 22.8 Å². The van der Waals surface area contributed by atoms with Crippen LogP contribution in [-0.4, -0.2) is 66.2 Å². The van der Waals surface area contributed by atoms with Crippen LogP contribution in [0.3, 0.4) is 0 Å². The molecular weight excluding hydrogens is 442 g/mol. The second-order valence-electron chi connectivity index (χ2n) is 8.89. The Morgan fingerprint density at radius 2 is 1.52 bits per heavy atom. The van der Waals surface area contributed by atoms with Crippen LogP contribution in [0.15, 0.2) is 60.7 Å². The molecule has 0 bridgehead atoms. The molecule has 9 heteroatoms. The van der Waals surface area contributed by atoms with E-state index in [2.05, 4.69) is 5.32 Å². The molecule has 2 heterocycles. The number of benzene rings is 2. The summed E-state index contributed by atoms with van der Waals surface area (Å²) >= 11 is 0. The summed E-state index contributed by atoms with van der Waals surface area (Å²) in [5, 5.41) is 2.84. The first-order chi connectivity index (χ1) is 15.8. The summed E-state index contributed by atoms with van der Waals surface area (Å²) in [7, 11) is -3.17. The molecule has 2 aromatic rings. The van der Waals surface area contributed by atoms with Crippen LogP contribution in [0.1, 0.15) is 30.4 Å². The molecule has 2 saturated heterocycles. The first kappa shape index (κ1) is 21.6. The van der Waals surface area contributed by atoms with E-state index in [4.69, 9.17) is 0 Å². The Balaban J connectivity index is 1.45. The number of rotatable bonds is 6. The van der Waals surface area contributed by atoms with E-state index in [1.807, 2.05) is 12.1 Å². The maximum atomic E-state index is 13.8. The van der Waals surface area contributed by atoms with Gasteiger partial charge in [-0.3, -0.25) is 14.5 Å². The van der Waals surface area contributed by atoms with Crippen molar-refractivity contribution in [2.45, 2.75) is 36.9 Å². The van der Waals surface area contributed by atoms with Crippen molar-refractivity contribution in [2.24, 2.45) is 0 Å². The van der Waals surface area contributed by atoms with Crippen molar-refractivity contribution in [1.29, 1.82) is 0 Å². The van der Waals surface area contributed by atoms with E-state index in [1.165, 1.54) is 0 Å². The number of sulfone groups is 1. The molecular formula is C24H25N3O5S. The Bertz CT molecular complexity index is 1160. The topological polar surface area (TPSA) is 104 Å². The highest BCUT2D eigenvalue weighted by Crippen LogP contribution is 2.37. The first-order valence-electron chi connectivity index (χ1n) is 11.1. The van der Waals surface area contributed by atoms with Gasteiger partial charge in [-0.15, -0.1) is 0 Å². The van der Waals surface area contributed by atoms with Gasteiger partial charge in [-0.25, -0.2) is 13.2 Å².